The molecule has 3 heteroatoms. The highest BCUT2D eigenvalue weighted by Crippen LogP contribution is 2.19. The zero-order valence-corrected chi connectivity index (χ0v) is 9.14. The van der Waals surface area contributed by atoms with E-state index in [-0.39, 0.29) is 0 Å². The first-order chi connectivity index (χ1) is 8.36. The third kappa shape index (κ3) is 1.61. The van der Waals surface area contributed by atoms with Crippen LogP contribution in [-0.2, 0) is 0 Å². The number of hydrogen-bond donors (Lipinski definition) is 2. The molecule has 82 valence electrons. The van der Waals surface area contributed by atoms with E-state index in [1.54, 1.807) is 12.4 Å². The van der Waals surface area contributed by atoms with E-state index >= 15 is 0 Å². The molecule has 3 nitrogen and oxygen atoms in total. The Morgan fingerprint density at radius 1 is 1.12 bits per heavy atom. The van der Waals surface area contributed by atoms with Crippen LogP contribution in [0.15, 0.2) is 55.0 Å². The number of aromatic nitrogens is 2. The van der Waals surface area contributed by atoms with Crippen LogP contribution < -0.4 is 0 Å². The molecule has 2 aromatic heterocycles. The molecule has 0 fully saturated rings. The standard InChI is InChI=1S/C14H11N3/c15-14(10-4-2-1-3-5-10)12-8-17-13-9-16-7-6-11(12)13/h1-9,15,17H. The molecule has 0 atom stereocenters. The largest absolute Gasteiger partial charge is 0.359 e. The lowest BCUT2D eigenvalue weighted by molar-refractivity contribution is 1.34. The van der Waals surface area contributed by atoms with Gasteiger partial charge in [0.25, 0.3) is 0 Å². The molecule has 2 heterocycles. The molecule has 3 aromatic rings. The van der Waals surface area contributed by atoms with Gasteiger partial charge in [-0.1, -0.05) is 30.3 Å². The first kappa shape index (κ1) is 9.78. The van der Waals surface area contributed by atoms with E-state index in [9.17, 15) is 0 Å². The normalized spacial score (nSPS) is 10.6. The molecule has 0 saturated heterocycles. The summed E-state index contributed by atoms with van der Waals surface area (Å²) in [6.45, 7) is 0. The van der Waals surface area contributed by atoms with Gasteiger partial charge in [0, 0.05) is 28.9 Å². The lowest BCUT2D eigenvalue weighted by Crippen LogP contribution is -1.99. The van der Waals surface area contributed by atoms with Crippen LogP contribution in [0.25, 0.3) is 10.9 Å². The van der Waals surface area contributed by atoms with Crippen molar-refractivity contribution in [1.29, 1.82) is 5.41 Å². The fourth-order valence-corrected chi connectivity index (χ4v) is 1.94. The number of fused-ring (bicyclic) bond motifs is 1. The summed E-state index contributed by atoms with van der Waals surface area (Å²) in [5.41, 5.74) is 3.32. The van der Waals surface area contributed by atoms with Crippen LogP contribution in [0.5, 0.6) is 0 Å². The predicted molar refractivity (Wildman–Crippen MR) is 68.5 cm³/mol. The average Bonchev–Trinajstić information content (AvgIpc) is 2.83. The van der Waals surface area contributed by atoms with Gasteiger partial charge in [0.05, 0.1) is 17.4 Å². The molecule has 0 spiro atoms. The van der Waals surface area contributed by atoms with Crippen LogP contribution in [0.2, 0.25) is 0 Å². The van der Waals surface area contributed by atoms with Gasteiger partial charge in [-0.05, 0) is 6.07 Å². The van der Waals surface area contributed by atoms with Crippen LogP contribution in [0.4, 0.5) is 0 Å². The van der Waals surface area contributed by atoms with Crippen LogP contribution >= 0.6 is 0 Å². The van der Waals surface area contributed by atoms with Crippen molar-refractivity contribution in [3.8, 4) is 0 Å². The van der Waals surface area contributed by atoms with Gasteiger partial charge in [-0.3, -0.25) is 10.4 Å². The first-order valence-corrected chi connectivity index (χ1v) is 5.42. The second-order valence-corrected chi connectivity index (χ2v) is 3.86. The van der Waals surface area contributed by atoms with Gasteiger partial charge >= 0.3 is 0 Å². The highest BCUT2D eigenvalue weighted by Gasteiger charge is 2.09. The number of pyridine rings is 1. The summed E-state index contributed by atoms with van der Waals surface area (Å²) in [4.78, 5) is 7.19. The molecule has 0 unspecified atom stereocenters. The van der Waals surface area contributed by atoms with E-state index in [0.717, 1.165) is 22.0 Å². The summed E-state index contributed by atoms with van der Waals surface area (Å²) in [7, 11) is 0. The third-order valence-electron chi connectivity index (χ3n) is 2.82. The smallest absolute Gasteiger partial charge is 0.0706 e. The van der Waals surface area contributed by atoms with E-state index < -0.39 is 0 Å². The van der Waals surface area contributed by atoms with Gasteiger partial charge in [0.2, 0.25) is 0 Å². The second kappa shape index (κ2) is 3.87. The number of nitrogens with one attached hydrogen (secondary N) is 2. The maximum atomic E-state index is 8.23. The molecule has 0 aliphatic carbocycles. The van der Waals surface area contributed by atoms with Crippen molar-refractivity contribution in [2.75, 3.05) is 0 Å². The molecule has 0 amide bonds. The molecule has 2 N–H and O–H groups in total. The maximum Gasteiger partial charge on any atom is 0.0706 e. The summed E-state index contributed by atoms with van der Waals surface area (Å²) >= 11 is 0. The Morgan fingerprint density at radius 2 is 1.94 bits per heavy atom. The summed E-state index contributed by atoms with van der Waals surface area (Å²) in [5.74, 6) is 0. The van der Waals surface area contributed by atoms with Crippen molar-refractivity contribution in [1.82, 2.24) is 9.97 Å². The summed E-state index contributed by atoms with van der Waals surface area (Å²) in [6, 6.07) is 11.7. The van der Waals surface area contributed by atoms with Crippen molar-refractivity contribution in [3.63, 3.8) is 0 Å². The van der Waals surface area contributed by atoms with Gasteiger partial charge < -0.3 is 4.98 Å². The first-order valence-electron chi connectivity index (χ1n) is 5.42. The highest BCUT2D eigenvalue weighted by molar-refractivity contribution is 6.17. The number of benzene rings is 1. The topological polar surface area (TPSA) is 52.5 Å². The van der Waals surface area contributed by atoms with Crippen LogP contribution in [0.1, 0.15) is 11.1 Å². The zero-order valence-electron chi connectivity index (χ0n) is 9.14. The highest BCUT2D eigenvalue weighted by atomic mass is 14.7. The fourth-order valence-electron chi connectivity index (χ4n) is 1.94. The summed E-state index contributed by atoms with van der Waals surface area (Å²) in [5, 5.41) is 9.27. The molecule has 0 bridgehead atoms. The SMILES string of the molecule is N=C(c1ccccc1)c1c[nH]c2cnccc12. The van der Waals surface area contributed by atoms with Gasteiger partial charge in [-0.15, -0.1) is 0 Å². The van der Waals surface area contributed by atoms with E-state index in [4.69, 9.17) is 5.41 Å². The Labute approximate surface area is 98.6 Å². The number of rotatable bonds is 2. The van der Waals surface area contributed by atoms with Gasteiger partial charge in [0.1, 0.15) is 0 Å². The molecule has 0 radical (unpaired) electrons. The van der Waals surface area contributed by atoms with Crippen LogP contribution in [0.3, 0.4) is 0 Å². The second-order valence-electron chi connectivity index (χ2n) is 3.86. The lowest BCUT2D eigenvalue weighted by Gasteiger charge is -2.02. The Balaban J connectivity index is 2.14. The van der Waals surface area contributed by atoms with Crippen molar-refractivity contribution < 1.29 is 0 Å². The maximum absolute atomic E-state index is 8.23. The third-order valence-corrected chi connectivity index (χ3v) is 2.82. The number of hydrogen-bond acceptors (Lipinski definition) is 2. The zero-order chi connectivity index (χ0) is 11.7. The van der Waals surface area contributed by atoms with Crippen LogP contribution in [0, 0.1) is 5.41 Å². The average molecular weight is 221 g/mol. The minimum absolute atomic E-state index is 0.531. The molecule has 0 saturated carbocycles. The fraction of sp³-hybridized carbons (Fsp3) is 0. The van der Waals surface area contributed by atoms with Crippen molar-refractivity contribution in [3.05, 3.63) is 66.1 Å². The van der Waals surface area contributed by atoms with Crippen molar-refractivity contribution in [2.45, 2.75) is 0 Å². The molecule has 0 aliphatic rings. The number of H-pyrrole nitrogens is 1. The van der Waals surface area contributed by atoms with Gasteiger partial charge in [-0.25, -0.2) is 0 Å². The number of nitrogens with zero attached hydrogens (tertiary/aromatic N) is 1. The molecular weight excluding hydrogens is 210 g/mol. The Morgan fingerprint density at radius 3 is 2.76 bits per heavy atom. The Bertz CT molecular complexity index is 668. The summed E-state index contributed by atoms with van der Waals surface area (Å²) < 4.78 is 0. The lowest BCUT2D eigenvalue weighted by atomic mass is 10.0. The van der Waals surface area contributed by atoms with Crippen LogP contribution in [-0.4, -0.2) is 15.7 Å². The molecule has 17 heavy (non-hydrogen) atoms. The predicted octanol–water partition coefficient (Wildman–Crippen LogP) is 2.98. The van der Waals surface area contributed by atoms with Crippen molar-refractivity contribution in [2.24, 2.45) is 0 Å². The Kier molecular flexibility index (Phi) is 2.22. The van der Waals surface area contributed by atoms with E-state index in [0.29, 0.717) is 5.71 Å². The molecule has 3 rings (SSSR count). The molecule has 1 aromatic carbocycles. The monoisotopic (exact) mass is 221 g/mol. The molecular formula is C14H11N3. The van der Waals surface area contributed by atoms with E-state index in [1.165, 1.54) is 0 Å². The van der Waals surface area contributed by atoms with E-state index in [2.05, 4.69) is 9.97 Å². The number of aromatic amines is 1. The minimum Gasteiger partial charge on any atom is -0.359 e. The summed E-state index contributed by atoms with van der Waals surface area (Å²) in [6.07, 6.45) is 5.39. The quantitative estimate of drug-likeness (QED) is 0.642. The van der Waals surface area contributed by atoms with Gasteiger partial charge in [-0.2, -0.15) is 0 Å². The Hall–Kier alpha value is -2.42. The van der Waals surface area contributed by atoms with Gasteiger partial charge in [0.15, 0.2) is 0 Å². The minimum atomic E-state index is 0.531. The van der Waals surface area contributed by atoms with Crippen molar-refractivity contribution >= 4 is 16.6 Å². The van der Waals surface area contributed by atoms with E-state index in [1.807, 2.05) is 42.6 Å². The molecule has 0 aliphatic heterocycles.